The summed E-state index contributed by atoms with van der Waals surface area (Å²) in [4.78, 5) is 30.4. The van der Waals surface area contributed by atoms with Crippen molar-refractivity contribution in [1.29, 1.82) is 5.26 Å². The Hall–Kier alpha value is -4.67. The van der Waals surface area contributed by atoms with E-state index in [2.05, 4.69) is 61.8 Å². The van der Waals surface area contributed by atoms with Gasteiger partial charge in [0.2, 0.25) is 0 Å². The van der Waals surface area contributed by atoms with Crippen molar-refractivity contribution < 1.29 is 51.0 Å². The molecule has 16 nitrogen and oxygen atoms in total. The van der Waals surface area contributed by atoms with Crippen molar-refractivity contribution in [2.24, 2.45) is 47.0 Å². The molecule has 0 aliphatic carbocycles. The number of carbonyl (C=O) groups excluding carboxylic acids is 2. The van der Waals surface area contributed by atoms with Crippen LogP contribution in [0.5, 0.6) is 23.0 Å². The topological polar surface area (TPSA) is 226 Å². The molecule has 0 saturated carbocycles. The second-order valence-corrected chi connectivity index (χ2v) is 23.0. The van der Waals surface area contributed by atoms with E-state index in [1.165, 1.54) is 41.3 Å². The van der Waals surface area contributed by atoms with Crippen molar-refractivity contribution in [1.82, 2.24) is 9.80 Å². The molecule has 3 aromatic carbocycles. The highest BCUT2D eigenvalue weighted by Crippen LogP contribution is 2.46. The summed E-state index contributed by atoms with van der Waals surface area (Å²) in [5.41, 5.74) is 18.2. The Bertz CT molecular complexity index is 2320. The Balaban J connectivity index is 0.000000312. The quantitative estimate of drug-likeness (QED) is 0.0952. The number of carbonyl (C=O) groups is 2. The Morgan fingerprint density at radius 2 is 1.00 bits per heavy atom. The van der Waals surface area contributed by atoms with Gasteiger partial charge in [-0.3, -0.25) is 23.9 Å². The molecule has 0 bridgehead atoms. The first-order valence-electron chi connectivity index (χ1n) is 26.2. The molecule has 5 N–H and O–H groups in total. The van der Waals surface area contributed by atoms with Crippen LogP contribution < -0.4 is 30.4 Å². The molecule has 4 heterocycles. The van der Waals surface area contributed by atoms with E-state index in [9.17, 15) is 18.0 Å². The van der Waals surface area contributed by atoms with Gasteiger partial charge in [-0.15, -0.1) is 12.4 Å². The summed E-state index contributed by atoms with van der Waals surface area (Å²) in [6.45, 7) is 23.9. The van der Waals surface area contributed by atoms with Gasteiger partial charge in [0.05, 0.1) is 39.4 Å². The van der Waals surface area contributed by atoms with Crippen LogP contribution in [0.15, 0.2) is 53.4 Å². The molecule has 18 heteroatoms. The maximum atomic E-state index is 12.7. The Morgan fingerprint density at radius 1 is 0.667 bits per heavy atom. The van der Waals surface area contributed by atoms with E-state index in [4.69, 9.17) is 49.7 Å². The van der Waals surface area contributed by atoms with Crippen LogP contribution in [0.25, 0.3) is 0 Å². The molecule has 4 aliphatic rings. The monoisotopic (exact) mass is 1090 g/mol. The Labute approximate surface area is 454 Å². The van der Waals surface area contributed by atoms with E-state index in [-0.39, 0.29) is 65.4 Å². The van der Waals surface area contributed by atoms with Crippen LogP contribution >= 0.6 is 12.4 Å². The lowest BCUT2D eigenvalue weighted by molar-refractivity contribution is -0.161. The smallest absolute Gasteiger partial charge is 0.323 e. The summed E-state index contributed by atoms with van der Waals surface area (Å²) in [6.07, 6.45) is 5.39. The van der Waals surface area contributed by atoms with E-state index >= 15 is 0 Å². The fraction of sp³-hybridized carbons (Fsp3) is 0.632. The molecule has 2 fully saturated rings. The summed E-state index contributed by atoms with van der Waals surface area (Å²) in [5.74, 6) is 4.35. The Morgan fingerprint density at radius 3 is 1.29 bits per heavy atom. The van der Waals surface area contributed by atoms with Gasteiger partial charge in [0.1, 0.15) is 24.3 Å². The van der Waals surface area contributed by atoms with Crippen molar-refractivity contribution >= 4 is 34.5 Å². The van der Waals surface area contributed by atoms with Crippen molar-refractivity contribution in [3.8, 4) is 29.1 Å². The fourth-order valence-electron chi connectivity index (χ4n) is 10.5. The summed E-state index contributed by atoms with van der Waals surface area (Å²) >= 11 is 0. The van der Waals surface area contributed by atoms with Crippen LogP contribution in [0.4, 0.5) is 0 Å². The zero-order valence-electron chi connectivity index (χ0n) is 47.0. The lowest BCUT2D eigenvalue weighted by Crippen LogP contribution is -2.51. The summed E-state index contributed by atoms with van der Waals surface area (Å²) < 4.78 is 63.8. The molecule has 2 saturated heterocycles. The predicted molar refractivity (Wildman–Crippen MR) is 295 cm³/mol. The Kier molecular flexibility index (Phi) is 25.6. The highest BCUT2D eigenvalue weighted by molar-refractivity contribution is 7.85. The van der Waals surface area contributed by atoms with Gasteiger partial charge in [0.25, 0.3) is 10.1 Å². The first kappa shape index (κ1) is 64.6. The van der Waals surface area contributed by atoms with Gasteiger partial charge in [0, 0.05) is 69.9 Å². The lowest BCUT2D eigenvalue weighted by atomic mass is 9.79. The molecule has 75 heavy (non-hydrogen) atoms. The molecular weight excluding hydrogens is 998 g/mol. The molecule has 7 rings (SSSR count). The molecule has 0 aromatic heterocycles. The number of fused-ring (bicyclic) bond motifs is 6. The minimum atomic E-state index is -4.02. The van der Waals surface area contributed by atoms with Crippen LogP contribution in [0.3, 0.4) is 0 Å². The van der Waals surface area contributed by atoms with Crippen molar-refractivity contribution in [2.45, 2.75) is 149 Å². The zero-order chi connectivity index (χ0) is 55.2. The number of rotatable bonds is 15. The summed E-state index contributed by atoms with van der Waals surface area (Å²) in [7, 11) is 2.66. The molecule has 8 atom stereocenters. The number of piperidine rings is 2. The largest absolute Gasteiger partial charge is 0.493 e. The molecule has 0 amide bonds. The van der Waals surface area contributed by atoms with Crippen LogP contribution in [0.2, 0.25) is 0 Å². The molecular formula is C57H88ClN5O11S. The van der Waals surface area contributed by atoms with Crippen molar-refractivity contribution in [3.05, 3.63) is 76.3 Å². The second kappa shape index (κ2) is 29.7. The molecule has 0 radical (unpaired) electrons. The third-order valence-electron chi connectivity index (χ3n) is 14.5. The minimum Gasteiger partial charge on any atom is -0.493 e. The molecule has 4 aliphatic heterocycles. The average Bonchev–Trinajstić information content (AvgIpc) is 3.35. The van der Waals surface area contributed by atoms with Crippen LogP contribution in [-0.4, -0.2) is 114 Å². The van der Waals surface area contributed by atoms with Crippen LogP contribution in [0, 0.1) is 53.8 Å². The van der Waals surface area contributed by atoms with Gasteiger partial charge >= 0.3 is 11.9 Å². The van der Waals surface area contributed by atoms with E-state index < -0.39 is 22.2 Å². The number of hydrogen-bond donors (Lipinski definition) is 3. The fourth-order valence-corrected chi connectivity index (χ4v) is 11.0. The lowest BCUT2D eigenvalue weighted by Gasteiger charge is -2.47. The average molecular weight is 1090 g/mol. The maximum absolute atomic E-state index is 12.7. The van der Waals surface area contributed by atoms with Gasteiger partial charge in [-0.2, -0.15) is 13.7 Å². The van der Waals surface area contributed by atoms with Crippen molar-refractivity contribution in [3.63, 3.8) is 0 Å². The number of hydrogen-bond acceptors (Lipinski definition) is 15. The SMILES string of the molecule is CC#N.COc1cc2c(cc1OC)[C@H]1C[C@@H](OC(=O)[C@@H](N)C(C)C)[C@H](CC(C)C)CN1CC2.COc1cc2c(cc1OC)[C@H]1C[C@@H](OC(=O)[C@@H](N)C(C)C)[C@H](CC(C)C)CN1CC2.Cc1ccc(S(=O)(=O)O)cc1.Cl. The highest BCUT2D eigenvalue weighted by Gasteiger charge is 2.43. The van der Waals surface area contributed by atoms with Gasteiger partial charge in [0.15, 0.2) is 23.0 Å². The van der Waals surface area contributed by atoms with E-state index in [1.54, 1.807) is 46.6 Å². The predicted octanol–water partition coefficient (Wildman–Crippen LogP) is 9.32. The zero-order valence-corrected chi connectivity index (χ0v) is 48.6. The molecule has 0 spiro atoms. The summed E-state index contributed by atoms with van der Waals surface area (Å²) in [6, 6.07) is 15.4. The number of halogens is 1. The van der Waals surface area contributed by atoms with E-state index in [0.717, 1.165) is 93.3 Å². The number of ether oxygens (including phenoxy) is 6. The standard InChI is InChI=1S/2C24H38N2O4.C7H8O3S.C2H3N.ClH/c2*1-14(2)9-17-13-26-8-7-16-10-21(28-5)22(29-6)11-18(16)19(26)12-20(17)30-24(27)23(25)15(3)4;1-6-2-4-7(5-3-6)11(8,9)10;1-2-3;/h2*10-11,14-15,17,19-20,23H,7-9,12-13,25H2,1-6H3;2-5H,1H3,(H,8,9,10);1H3;1H/t2*17-,19-,20-,23+;;;/m11.../s1. The number of nitrogens with zero attached hydrogens (tertiary/aromatic N) is 3. The van der Waals surface area contributed by atoms with E-state index in [0.29, 0.717) is 23.7 Å². The minimum absolute atomic E-state index is 0. The number of methoxy groups -OCH3 is 4. The second-order valence-electron chi connectivity index (χ2n) is 21.6. The number of benzene rings is 3. The third kappa shape index (κ3) is 17.7. The summed E-state index contributed by atoms with van der Waals surface area (Å²) in [5, 5.41) is 7.32. The van der Waals surface area contributed by atoms with Crippen molar-refractivity contribution in [2.75, 3.05) is 54.6 Å². The third-order valence-corrected chi connectivity index (χ3v) is 15.4. The molecule has 0 unspecified atom stereocenters. The van der Waals surface area contributed by atoms with E-state index in [1.807, 2.05) is 34.6 Å². The number of nitriles is 1. The normalized spacial score (nSPS) is 21.7. The van der Waals surface area contributed by atoms with Crippen LogP contribution in [-0.2, 0) is 42.0 Å². The molecule has 420 valence electrons. The highest BCUT2D eigenvalue weighted by atomic mass is 35.5. The van der Waals surface area contributed by atoms with Gasteiger partial charge < -0.3 is 39.9 Å². The first-order valence-corrected chi connectivity index (χ1v) is 27.6. The maximum Gasteiger partial charge on any atom is 0.323 e. The van der Waals surface area contributed by atoms with Gasteiger partial charge in [-0.1, -0.05) is 73.1 Å². The number of esters is 2. The number of nitrogens with two attached hydrogens (primary N) is 2. The van der Waals surface area contributed by atoms with Gasteiger partial charge in [-0.25, -0.2) is 0 Å². The molecule has 3 aromatic rings. The van der Waals surface area contributed by atoms with Gasteiger partial charge in [-0.05, 0) is 115 Å². The van der Waals surface area contributed by atoms with Crippen LogP contribution in [0.1, 0.15) is 128 Å². The number of aryl methyl sites for hydroxylation is 1. The first-order chi connectivity index (χ1) is 34.9.